The Hall–Kier alpha value is -3.28. The smallest absolute Gasteiger partial charge is 0.338 e. The Morgan fingerprint density at radius 2 is 2.04 bits per heavy atom. The summed E-state index contributed by atoms with van der Waals surface area (Å²) in [6.07, 6.45) is 1.57. The minimum absolute atomic E-state index is 0.155. The van der Waals surface area contributed by atoms with Crippen LogP contribution in [0.25, 0.3) is 11.0 Å². The number of phenolic OH excluding ortho intramolecular Hbond substituents is 1. The third-order valence-corrected chi connectivity index (χ3v) is 4.90. The van der Waals surface area contributed by atoms with Crippen molar-refractivity contribution < 1.29 is 14.6 Å². The molecule has 6 nitrogen and oxygen atoms in total. The lowest BCUT2D eigenvalue weighted by atomic mass is 9.93. The monoisotopic (exact) mass is 377 g/mol. The minimum atomic E-state index is -0.434. The van der Waals surface area contributed by atoms with Gasteiger partial charge in [0.05, 0.1) is 29.3 Å². The lowest BCUT2D eigenvalue weighted by molar-refractivity contribution is -0.139. The van der Waals surface area contributed by atoms with Crippen molar-refractivity contribution in [1.82, 2.24) is 9.55 Å². The van der Waals surface area contributed by atoms with Gasteiger partial charge in [-0.15, -0.1) is 0 Å². The fraction of sp³-hybridized carbons (Fsp3) is 0.273. The number of hydrogen-bond acceptors (Lipinski definition) is 5. The summed E-state index contributed by atoms with van der Waals surface area (Å²) in [5, 5.41) is 13.4. The van der Waals surface area contributed by atoms with Gasteiger partial charge in [-0.1, -0.05) is 37.6 Å². The lowest BCUT2D eigenvalue weighted by Crippen LogP contribution is -2.29. The Labute approximate surface area is 163 Å². The van der Waals surface area contributed by atoms with Crippen molar-refractivity contribution in [2.45, 2.75) is 32.7 Å². The number of ether oxygens (including phenoxy) is 1. The number of nitrogens with zero attached hydrogens (tertiary/aromatic N) is 2. The number of aromatic hydroxyl groups is 1. The third-order valence-electron chi connectivity index (χ3n) is 4.90. The first kappa shape index (κ1) is 18.1. The molecule has 0 saturated heterocycles. The van der Waals surface area contributed by atoms with E-state index in [2.05, 4.69) is 12.2 Å². The van der Waals surface area contributed by atoms with E-state index in [9.17, 15) is 9.90 Å². The van der Waals surface area contributed by atoms with Crippen LogP contribution in [0.2, 0.25) is 0 Å². The van der Waals surface area contributed by atoms with E-state index in [4.69, 9.17) is 9.72 Å². The van der Waals surface area contributed by atoms with Gasteiger partial charge in [0.2, 0.25) is 5.95 Å². The number of phenols is 1. The van der Waals surface area contributed by atoms with E-state index in [-0.39, 0.29) is 11.7 Å². The number of hydrogen-bond donors (Lipinski definition) is 2. The van der Waals surface area contributed by atoms with Gasteiger partial charge < -0.3 is 15.2 Å². The molecular formula is C22H23N3O3. The number of allylic oxidation sites excluding steroid dienone is 1. The van der Waals surface area contributed by atoms with Gasteiger partial charge in [0.1, 0.15) is 5.75 Å². The maximum Gasteiger partial charge on any atom is 0.338 e. The number of carbonyl (C=O) groups excluding carboxylic acids is 1. The highest BCUT2D eigenvalue weighted by atomic mass is 16.5. The zero-order valence-electron chi connectivity index (χ0n) is 16.0. The number of benzene rings is 2. The molecule has 1 aromatic heterocycles. The van der Waals surface area contributed by atoms with Gasteiger partial charge in [-0.25, -0.2) is 9.78 Å². The topological polar surface area (TPSA) is 76.4 Å². The van der Waals surface area contributed by atoms with Crippen LogP contribution in [-0.4, -0.2) is 27.2 Å². The van der Waals surface area contributed by atoms with Gasteiger partial charge >= 0.3 is 5.97 Å². The number of rotatable bonds is 5. The van der Waals surface area contributed by atoms with Crippen molar-refractivity contribution in [1.29, 1.82) is 0 Å². The average Bonchev–Trinajstić information content (AvgIpc) is 3.05. The number of nitrogens with one attached hydrogen (secondary N) is 1. The maximum atomic E-state index is 13.0. The van der Waals surface area contributed by atoms with Crippen LogP contribution in [0.15, 0.2) is 59.8 Å². The summed E-state index contributed by atoms with van der Waals surface area (Å²) >= 11 is 0. The van der Waals surface area contributed by atoms with Crippen LogP contribution in [0.4, 0.5) is 5.95 Å². The van der Waals surface area contributed by atoms with E-state index in [1.54, 1.807) is 25.1 Å². The number of para-hydroxylation sites is 2. The van der Waals surface area contributed by atoms with Crippen LogP contribution in [0, 0.1) is 0 Å². The number of carbonyl (C=O) groups is 1. The van der Waals surface area contributed by atoms with Gasteiger partial charge in [0.15, 0.2) is 0 Å². The molecule has 2 N–H and O–H groups in total. The second-order valence-corrected chi connectivity index (χ2v) is 6.78. The lowest BCUT2D eigenvalue weighted by Gasteiger charge is -2.31. The summed E-state index contributed by atoms with van der Waals surface area (Å²) in [4.78, 5) is 17.7. The SMILES string of the molecule is CCCC1=C(C(=O)OCC)[C@@H](c2cccc(O)c2)n2c(nc3ccccc32)N1. The molecule has 1 aliphatic rings. The number of esters is 1. The standard InChI is InChI=1S/C22H23N3O3/c1-3-8-17-19(21(27)28-4-2)20(14-9-7-10-15(26)13-14)25-18-12-6-5-11-16(18)23-22(25)24-17/h5-7,9-13,20,26H,3-4,8H2,1-2H3,(H,23,24)/t20-/m1/s1. The molecule has 0 bridgehead atoms. The maximum absolute atomic E-state index is 13.0. The average molecular weight is 377 g/mol. The Balaban J connectivity index is 2.00. The molecule has 2 heterocycles. The van der Waals surface area contributed by atoms with E-state index in [0.29, 0.717) is 24.5 Å². The van der Waals surface area contributed by atoms with Crippen LogP contribution < -0.4 is 5.32 Å². The highest BCUT2D eigenvalue weighted by Gasteiger charge is 2.35. The van der Waals surface area contributed by atoms with Gasteiger partial charge in [-0.2, -0.15) is 0 Å². The van der Waals surface area contributed by atoms with Crippen molar-refractivity contribution >= 4 is 23.0 Å². The summed E-state index contributed by atoms with van der Waals surface area (Å²) in [5.74, 6) is 0.489. The minimum Gasteiger partial charge on any atom is -0.508 e. The van der Waals surface area contributed by atoms with Crippen molar-refractivity contribution in [3.63, 3.8) is 0 Å². The van der Waals surface area contributed by atoms with Crippen molar-refractivity contribution in [3.05, 3.63) is 65.4 Å². The molecule has 0 amide bonds. The molecular weight excluding hydrogens is 354 g/mol. The zero-order chi connectivity index (χ0) is 19.7. The largest absolute Gasteiger partial charge is 0.508 e. The first-order valence-electron chi connectivity index (χ1n) is 9.57. The molecule has 3 aromatic rings. The normalized spacial score (nSPS) is 16.0. The van der Waals surface area contributed by atoms with E-state index in [0.717, 1.165) is 28.7 Å². The fourth-order valence-corrected chi connectivity index (χ4v) is 3.79. The molecule has 144 valence electrons. The Morgan fingerprint density at radius 1 is 1.21 bits per heavy atom. The molecule has 4 rings (SSSR count). The Bertz CT molecular complexity index is 1070. The number of anilines is 1. The van der Waals surface area contributed by atoms with Crippen LogP contribution in [0.5, 0.6) is 5.75 Å². The summed E-state index contributed by atoms with van der Waals surface area (Å²) in [6.45, 7) is 4.17. The Morgan fingerprint density at radius 3 is 2.79 bits per heavy atom. The fourth-order valence-electron chi connectivity index (χ4n) is 3.79. The van der Waals surface area contributed by atoms with Crippen molar-refractivity contribution in [2.75, 3.05) is 11.9 Å². The highest BCUT2D eigenvalue weighted by Crippen LogP contribution is 2.41. The first-order valence-corrected chi connectivity index (χ1v) is 9.57. The van der Waals surface area contributed by atoms with Gasteiger partial charge in [-0.3, -0.25) is 4.57 Å². The predicted octanol–water partition coefficient (Wildman–Crippen LogP) is 4.37. The van der Waals surface area contributed by atoms with Crippen LogP contribution in [0.1, 0.15) is 38.3 Å². The molecule has 2 aromatic carbocycles. The molecule has 1 aliphatic heterocycles. The number of imidazole rings is 1. The Kier molecular flexibility index (Phi) is 4.77. The second-order valence-electron chi connectivity index (χ2n) is 6.78. The molecule has 0 aliphatic carbocycles. The van der Waals surface area contributed by atoms with Crippen molar-refractivity contribution in [2.24, 2.45) is 0 Å². The molecule has 0 saturated carbocycles. The summed E-state index contributed by atoms with van der Waals surface area (Å²) < 4.78 is 7.42. The van der Waals surface area contributed by atoms with Gasteiger partial charge in [0.25, 0.3) is 0 Å². The second kappa shape index (κ2) is 7.38. The molecule has 0 unspecified atom stereocenters. The molecule has 6 heteroatoms. The molecule has 0 spiro atoms. The van der Waals surface area contributed by atoms with E-state index in [1.807, 2.05) is 34.9 Å². The predicted molar refractivity (Wildman–Crippen MR) is 108 cm³/mol. The third kappa shape index (κ3) is 3.01. The van der Waals surface area contributed by atoms with Gasteiger partial charge in [0, 0.05) is 5.70 Å². The quantitative estimate of drug-likeness (QED) is 0.646. The van der Waals surface area contributed by atoms with Crippen LogP contribution in [0.3, 0.4) is 0 Å². The molecule has 0 fully saturated rings. The van der Waals surface area contributed by atoms with Gasteiger partial charge in [-0.05, 0) is 43.2 Å². The first-order chi connectivity index (χ1) is 13.6. The van der Waals surface area contributed by atoms with E-state index < -0.39 is 6.04 Å². The summed E-state index contributed by atoms with van der Waals surface area (Å²) in [7, 11) is 0. The highest BCUT2D eigenvalue weighted by molar-refractivity contribution is 5.94. The van der Waals surface area contributed by atoms with Crippen molar-refractivity contribution in [3.8, 4) is 5.75 Å². The number of fused-ring (bicyclic) bond motifs is 3. The van der Waals surface area contributed by atoms with Crippen LogP contribution in [-0.2, 0) is 9.53 Å². The van der Waals surface area contributed by atoms with Crippen LogP contribution >= 0.6 is 0 Å². The summed E-state index contributed by atoms with van der Waals surface area (Å²) in [5.41, 5.74) is 3.94. The number of aromatic nitrogens is 2. The summed E-state index contributed by atoms with van der Waals surface area (Å²) in [6, 6.07) is 14.4. The van der Waals surface area contributed by atoms with E-state index in [1.165, 1.54) is 0 Å². The molecule has 0 radical (unpaired) electrons. The molecule has 28 heavy (non-hydrogen) atoms. The van der Waals surface area contributed by atoms with E-state index >= 15 is 0 Å². The zero-order valence-corrected chi connectivity index (χ0v) is 16.0. The molecule has 1 atom stereocenters.